The molecule has 0 saturated heterocycles. The lowest BCUT2D eigenvalue weighted by Crippen LogP contribution is -2.47. The number of hydrazine groups is 1. The first kappa shape index (κ1) is 15.4. The van der Waals surface area contributed by atoms with Crippen molar-refractivity contribution in [2.24, 2.45) is 0 Å². The topological polar surface area (TPSA) is 23.6 Å². The molecule has 1 aromatic carbocycles. The maximum atomic E-state index is 12.5. The normalized spacial score (nSPS) is 11.7. The SMILES string of the molecule is O=C(Cc1ccc(Cl)cc1)N(N(Cl)Cl)C(F)(F)F. The van der Waals surface area contributed by atoms with E-state index in [0.29, 0.717) is 10.6 Å². The van der Waals surface area contributed by atoms with Crippen LogP contribution in [0.1, 0.15) is 5.56 Å². The molecule has 0 bridgehead atoms. The fourth-order valence-electron chi connectivity index (χ4n) is 1.16. The summed E-state index contributed by atoms with van der Waals surface area (Å²) in [6.45, 7) is 0. The molecule has 0 radical (unpaired) electrons. The molecule has 0 heterocycles. The summed E-state index contributed by atoms with van der Waals surface area (Å²) in [5, 5.41) is -0.291. The van der Waals surface area contributed by atoms with E-state index in [-0.39, 0.29) is 4.05 Å². The van der Waals surface area contributed by atoms with Crippen molar-refractivity contribution in [3.8, 4) is 0 Å². The van der Waals surface area contributed by atoms with Crippen molar-refractivity contribution in [3.05, 3.63) is 34.9 Å². The third-order valence-corrected chi connectivity index (χ3v) is 2.45. The van der Waals surface area contributed by atoms with Crippen LogP contribution in [0.3, 0.4) is 0 Å². The van der Waals surface area contributed by atoms with Crippen LogP contribution in [0, 0.1) is 0 Å². The van der Waals surface area contributed by atoms with E-state index in [9.17, 15) is 18.0 Å². The Bertz CT molecular complexity index is 422. The second-order valence-corrected chi connectivity index (χ2v) is 4.44. The zero-order valence-electron chi connectivity index (χ0n) is 8.59. The van der Waals surface area contributed by atoms with Gasteiger partial charge < -0.3 is 0 Å². The molecule has 1 rings (SSSR count). The van der Waals surface area contributed by atoms with Gasteiger partial charge in [0.05, 0.1) is 6.42 Å². The molecule has 0 aliphatic rings. The molecule has 0 saturated carbocycles. The first-order chi connectivity index (χ1) is 8.21. The molecule has 9 heteroatoms. The van der Waals surface area contributed by atoms with Crippen molar-refractivity contribution in [2.45, 2.75) is 12.7 Å². The summed E-state index contributed by atoms with van der Waals surface area (Å²) in [4.78, 5) is 11.4. The molecule has 0 unspecified atom stereocenters. The van der Waals surface area contributed by atoms with Crippen LogP contribution in [0.15, 0.2) is 24.3 Å². The number of hydrogen-bond donors (Lipinski definition) is 0. The van der Waals surface area contributed by atoms with Crippen LogP contribution in [-0.2, 0) is 11.2 Å². The Balaban J connectivity index is 2.83. The van der Waals surface area contributed by atoms with Crippen LogP contribution in [0.2, 0.25) is 5.02 Å². The van der Waals surface area contributed by atoms with Crippen molar-refractivity contribution in [1.29, 1.82) is 0 Å². The predicted molar refractivity (Wildman–Crippen MR) is 61.6 cm³/mol. The number of alkyl halides is 3. The lowest BCUT2D eigenvalue weighted by molar-refractivity contribution is -0.267. The highest BCUT2D eigenvalue weighted by Crippen LogP contribution is 2.27. The van der Waals surface area contributed by atoms with Gasteiger partial charge in [-0.3, -0.25) is 4.79 Å². The molecule has 0 aliphatic heterocycles. The van der Waals surface area contributed by atoms with Gasteiger partial charge in [-0.25, -0.2) is 0 Å². The summed E-state index contributed by atoms with van der Waals surface area (Å²) in [6, 6.07) is 5.78. The van der Waals surface area contributed by atoms with Gasteiger partial charge in [0, 0.05) is 28.6 Å². The van der Waals surface area contributed by atoms with Gasteiger partial charge in [-0.15, -0.1) is 13.2 Å². The molecular weight excluding hydrogens is 315 g/mol. The fraction of sp³-hybridized carbons (Fsp3) is 0.222. The van der Waals surface area contributed by atoms with Crippen molar-refractivity contribution >= 4 is 41.1 Å². The maximum absolute atomic E-state index is 12.5. The Morgan fingerprint density at radius 2 is 1.67 bits per heavy atom. The summed E-state index contributed by atoms with van der Waals surface area (Å²) in [5.41, 5.74) is 0.355. The van der Waals surface area contributed by atoms with Crippen molar-refractivity contribution in [2.75, 3.05) is 0 Å². The highest BCUT2D eigenvalue weighted by atomic mass is 35.5. The fourth-order valence-corrected chi connectivity index (χ4v) is 1.63. The summed E-state index contributed by atoms with van der Waals surface area (Å²) in [5.74, 6) is -1.31. The van der Waals surface area contributed by atoms with Crippen LogP contribution >= 0.6 is 35.2 Å². The third-order valence-electron chi connectivity index (χ3n) is 1.90. The van der Waals surface area contributed by atoms with Gasteiger partial charge in [0.15, 0.2) is 0 Å². The van der Waals surface area contributed by atoms with E-state index in [0.717, 1.165) is 0 Å². The smallest absolute Gasteiger partial charge is 0.273 e. The standard InChI is InChI=1S/C9H6Cl3F3N2O/c10-7-3-1-6(2-4-7)5-8(18)16(17(11)12)9(13,14)15/h1-4H,5H2. The van der Waals surface area contributed by atoms with E-state index in [1.807, 2.05) is 0 Å². The molecule has 0 fully saturated rings. The molecule has 1 amide bonds. The molecular formula is C9H6Cl3F3N2O. The van der Waals surface area contributed by atoms with E-state index in [1.54, 1.807) is 0 Å². The zero-order chi connectivity index (χ0) is 13.9. The van der Waals surface area contributed by atoms with Crippen LogP contribution in [0.5, 0.6) is 0 Å². The minimum absolute atomic E-state index is 0.349. The van der Waals surface area contributed by atoms with Crippen LogP contribution in [-0.4, -0.2) is 21.3 Å². The first-order valence-corrected chi connectivity index (χ1v) is 5.53. The van der Waals surface area contributed by atoms with Crippen molar-refractivity contribution in [3.63, 3.8) is 0 Å². The second-order valence-electron chi connectivity index (χ2n) is 3.19. The molecule has 100 valence electrons. The minimum atomic E-state index is -4.99. The van der Waals surface area contributed by atoms with Gasteiger partial charge in [-0.05, 0) is 21.7 Å². The van der Waals surface area contributed by atoms with Crippen LogP contribution in [0.4, 0.5) is 13.2 Å². The number of nitrogens with zero attached hydrogens (tertiary/aromatic N) is 2. The summed E-state index contributed by atoms with van der Waals surface area (Å²) < 4.78 is 37.0. The molecule has 1 aromatic rings. The van der Waals surface area contributed by atoms with Crippen molar-refractivity contribution in [1.82, 2.24) is 9.06 Å². The van der Waals surface area contributed by atoms with E-state index < -0.39 is 23.6 Å². The van der Waals surface area contributed by atoms with Gasteiger partial charge in [0.25, 0.3) is 5.91 Å². The zero-order valence-corrected chi connectivity index (χ0v) is 10.9. The summed E-state index contributed by atoms with van der Waals surface area (Å²) >= 11 is 15.6. The Morgan fingerprint density at radius 1 is 1.17 bits per heavy atom. The number of halogens is 6. The van der Waals surface area contributed by atoms with E-state index in [4.69, 9.17) is 35.2 Å². The molecule has 0 N–H and O–H groups in total. The van der Waals surface area contributed by atoms with Crippen molar-refractivity contribution < 1.29 is 18.0 Å². The van der Waals surface area contributed by atoms with Gasteiger partial charge in [0.1, 0.15) is 0 Å². The van der Waals surface area contributed by atoms with Gasteiger partial charge in [-0.1, -0.05) is 23.7 Å². The molecule has 3 nitrogen and oxygen atoms in total. The molecule has 0 atom stereocenters. The lowest BCUT2D eigenvalue weighted by atomic mass is 10.1. The van der Waals surface area contributed by atoms with Gasteiger partial charge >= 0.3 is 6.30 Å². The Labute approximate surface area is 116 Å². The second kappa shape index (κ2) is 5.97. The summed E-state index contributed by atoms with van der Waals surface area (Å²) in [7, 11) is 0. The average Bonchev–Trinajstić information content (AvgIpc) is 2.18. The quantitative estimate of drug-likeness (QED) is 0.481. The maximum Gasteiger partial charge on any atom is 0.503 e. The highest BCUT2D eigenvalue weighted by molar-refractivity contribution is 6.33. The first-order valence-electron chi connectivity index (χ1n) is 4.47. The Morgan fingerprint density at radius 3 is 2.06 bits per heavy atom. The third kappa shape index (κ3) is 4.20. The number of benzene rings is 1. The number of carbonyl (C=O) groups excluding carboxylic acids is 1. The number of rotatable bonds is 3. The van der Waals surface area contributed by atoms with Crippen LogP contribution < -0.4 is 0 Å². The van der Waals surface area contributed by atoms with E-state index in [1.165, 1.54) is 24.3 Å². The largest absolute Gasteiger partial charge is 0.503 e. The van der Waals surface area contributed by atoms with Gasteiger partial charge in [0.2, 0.25) is 0 Å². The minimum Gasteiger partial charge on any atom is -0.273 e. The highest BCUT2D eigenvalue weighted by Gasteiger charge is 2.44. The van der Waals surface area contributed by atoms with Gasteiger partial charge in [-0.2, -0.15) is 5.01 Å². The Hall–Kier alpha value is -0.690. The average molecular weight is 322 g/mol. The number of hydrogen-bond acceptors (Lipinski definition) is 2. The molecule has 0 aromatic heterocycles. The molecule has 0 aliphatic carbocycles. The monoisotopic (exact) mass is 320 g/mol. The number of carbonyl (C=O) groups is 1. The lowest BCUT2D eigenvalue weighted by Gasteiger charge is -2.25. The predicted octanol–water partition coefficient (Wildman–Crippen LogP) is 3.76. The summed E-state index contributed by atoms with van der Waals surface area (Å²) in [6.07, 6.45) is -5.50. The van der Waals surface area contributed by atoms with E-state index in [2.05, 4.69) is 0 Å². The van der Waals surface area contributed by atoms with Crippen LogP contribution in [0.25, 0.3) is 0 Å². The molecule has 0 spiro atoms. The van der Waals surface area contributed by atoms with E-state index >= 15 is 0 Å². The number of amides is 1. The molecule has 18 heavy (non-hydrogen) atoms. The Kier molecular flexibility index (Phi) is 5.10.